The first-order valence-electron chi connectivity index (χ1n) is 4.12. The van der Waals surface area contributed by atoms with Crippen LogP contribution in [-0.4, -0.2) is 34.6 Å². The summed E-state index contributed by atoms with van der Waals surface area (Å²) in [5.41, 5.74) is 0.0478. The molecule has 0 bridgehead atoms. The molecule has 0 radical (unpaired) electrons. The molecule has 0 aliphatic carbocycles. The summed E-state index contributed by atoms with van der Waals surface area (Å²) in [6.07, 6.45) is 0. The fourth-order valence-electron chi connectivity index (χ4n) is 1.49. The van der Waals surface area contributed by atoms with Gasteiger partial charge in [0, 0.05) is 5.38 Å². The van der Waals surface area contributed by atoms with Crippen LogP contribution in [0.2, 0.25) is 0 Å². The Morgan fingerprint density at radius 2 is 2.38 bits per heavy atom. The van der Waals surface area contributed by atoms with E-state index in [1.807, 2.05) is 10.8 Å². The van der Waals surface area contributed by atoms with Gasteiger partial charge in [-0.05, 0) is 18.4 Å². The van der Waals surface area contributed by atoms with E-state index in [2.05, 4.69) is 0 Å². The van der Waals surface area contributed by atoms with Crippen LogP contribution in [-0.2, 0) is 0 Å². The number of β-amino-alcohol motifs (C(OH)–C–C–N with tert-alkyl or cyclic N) is 1. The van der Waals surface area contributed by atoms with Gasteiger partial charge in [-0.2, -0.15) is 11.3 Å². The van der Waals surface area contributed by atoms with Gasteiger partial charge in [-0.25, -0.2) is 0 Å². The maximum absolute atomic E-state index is 11.6. The molecule has 2 rings (SSSR count). The number of hydrogen-bond acceptors (Lipinski definition) is 3. The third-order valence-corrected chi connectivity index (χ3v) is 2.80. The molecular formula is C9H11NO2S. The molecule has 0 unspecified atom stereocenters. The van der Waals surface area contributed by atoms with E-state index in [1.165, 1.54) is 11.3 Å². The Bertz CT molecular complexity index is 310. The molecular weight excluding hydrogens is 186 g/mol. The fraction of sp³-hybridized carbons (Fsp3) is 0.444. The normalized spacial score (nSPS) is 19.7. The maximum Gasteiger partial charge on any atom is 0.254 e. The van der Waals surface area contributed by atoms with Crippen LogP contribution in [0.1, 0.15) is 17.3 Å². The minimum absolute atomic E-state index is 0.0211. The molecule has 4 heteroatoms. The minimum atomic E-state index is -0.675. The molecule has 70 valence electrons. The molecule has 1 saturated heterocycles. The van der Waals surface area contributed by atoms with Gasteiger partial charge < -0.3 is 10.0 Å². The van der Waals surface area contributed by atoms with Gasteiger partial charge >= 0.3 is 0 Å². The number of amides is 1. The summed E-state index contributed by atoms with van der Waals surface area (Å²) in [5.74, 6) is 0.0211. The average molecular weight is 197 g/mol. The van der Waals surface area contributed by atoms with Crippen molar-refractivity contribution in [2.24, 2.45) is 0 Å². The van der Waals surface area contributed by atoms with E-state index < -0.39 is 5.60 Å². The number of hydrogen-bond donors (Lipinski definition) is 1. The van der Waals surface area contributed by atoms with Crippen molar-refractivity contribution in [3.05, 3.63) is 22.4 Å². The van der Waals surface area contributed by atoms with E-state index in [0.717, 1.165) is 5.56 Å². The van der Waals surface area contributed by atoms with Crippen molar-refractivity contribution in [1.82, 2.24) is 4.90 Å². The molecule has 2 heterocycles. The molecule has 1 N–H and O–H groups in total. The van der Waals surface area contributed by atoms with Crippen molar-refractivity contribution < 1.29 is 9.90 Å². The Labute approximate surface area is 80.6 Å². The van der Waals surface area contributed by atoms with Crippen molar-refractivity contribution >= 4 is 17.2 Å². The summed E-state index contributed by atoms with van der Waals surface area (Å²) in [5, 5.41) is 13.1. The number of aliphatic hydroxyl groups is 1. The number of carbonyl (C=O) groups excluding carboxylic acids is 1. The highest BCUT2D eigenvalue weighted by molar-refractivity contribution is 7.08. The van der Waals surface area contributed by atoms with Crippen molar-refractivity contribution in [3.63, 3.8) is 0 Å². The quantitative estimate of drug-likeness (QED) is 0.728. The standard InChI is InChI=1S/C9H11NO2S/c1-9(12)5-10(6-9)8(11)7-2-3-13-4-7/h2-4,12H,5-6H2,1H3. The lowest BCUT2D eigenvalue weighted by molar-refractivity contribution is -0.0668. The Hall–Kier alpha value is -0.870. The van der Waals surface area contributed by atoms with Gasteiger partial charge in [0.25, 0.3) is 5.91 Å². The van der Waals surface area contributed by atoms with E-state index in [-0.39, 0.29) is 5.91 Å². The molecule has 1 aromatic heterocycles. The number of rotatable bonds is 1. The minimum Gasteiger partial charge on any atom is -0.386 e. The van der Waals surface area contributed by atoms with Gasteiger partial charge in [-0.1, -0.05) is 0 Å². The first-order valence-corrected chi connectivity index (χ1v) is 5.07. The molecule has 0 saturated carbocycles. The van der Waals surface area contributed by atoms with Crippen molar-refractivity contribution in [3.8, 4) is 0 Å². The van der Waals surface area contributed by atoms with Crippen LogP contribution in [0.3, 0.4) is 0 Å². The average Bonchev–Trinajstić information content (AvgIpc) is 2.50. The topological polar surface area (TPSA) is 40.5 Å². The number of nitrogens with zero attached hydrogens (tertiary/aromatic N) is 1. The van der Waals surface area contributed by atoms with E-state index in [4.69, 9.17) is 0 Å². The molecule has 1 amide bonds. The number of likely N-dealkylation sites (tertiary alicyclic amines) is 1. The highest BCUT2D eigenvalue weighted by atomic mass is 32.1. The highest BCUT2D eigenvalue weighted by Gasteiger charge is 2.39. The fourth-order valence-corrected chi connectivity index (χ4v) is 2.12. The summed E-state index contributed by atoms with van der Waals surface area (Å²) in [4.78, 5) is 13.3. The Morgan fingerprint density at radius 1 is 1.69 bits per heavy atom. The largest absolute Gasteiger partial charge is 0.386 e. The SMILES string of the molecule is CC1(O)CN(C(=O)c2ccsc2)C1. The summed E-state index contributed by atoms with van der Waals surface area (Å²) >= 11 is 1.51. The van der Waals surface area contributed by atoms with Crippen LogP contribution in [0, 0.1) is 0 Å². The summed E-state index contributed by atoms with van der Waals surface area (Å²) in [6, 6.07) is 1.81. The van der Waals surface area contributed by atoms with Crippen LogP contribution >= 0.6 is 11.3 Å². The van der Waals surface area contributed by atoms with E-state index in [9.17, 15) is 9.90 Å². The summed E-state index contributed by atoms with van der Waals surface area (Å²) < 4.78 is 0. The Balaban J connectivity index is 2.02. The molecule has 13 heavy (non-hydrogen) atoms. The van der Waals surface area contributed by atoms with Crippen LogP contribution in [0.4, 0.5) is 0 Å². The van der Waals surface area contributed by atoms with Gasteiger partial charge in [0.05, 0.1) is 24.3 Å². The first-order chi connectivity index (χ1) is 6.08. The molecule has 0 aromatic carbocycles. The Morgan fingerprint density at radius 3 is 2.85 bits per heavy atom. The molecule has 1 aliphatic heterocycles. The van der Waals surface area contributed by atoms with E-state index >= 15 is 0 Å². The molecule has 1 aliphatic rings. The lowest BCUT2D eigenvalue weighted by Crippen LogP contribution is -2.61. The molecule has 0 atom stereocenters. The molecule has 0 spiro atoms. The zero-order valence-corrected chi connectivity index (χ0v) is 8.17. The summed E-state index contributed by atoms with van der Waals surface area (Å²) in [6.45, 7) is 2.63. The van der Waals surface area contributed by atoms with Gasteiger partial charge in [0.2, 0.25) is 0 Å². The second kappa shape index (κ2) is 2.82. The van der Waals surface area contributed by atoms with E-state index in [1.54, 1.807) is 17.9 Å². The zero-order chi connectivity index (χ0) is 9.47. The van der Waals surface area contributed by atoms with Crippen LogP contribution in [0.5, 0.6) is 0 Å². The lowest BCUT2D eigenvalue weighted by atomic mass is 9.96. The second-order valence-electron chi connectivity index (χ2n) is 3.67. The lowest BCUT2D eigenvalue weighted by Gasteiger charge is -2.44. The highest BCUT2D eigenvalue weighted by Crippen LogP contribution is 2.22. The Kier molecular flexibility index (Phi) is 1.89. The predicted octanol–water partition coefficient (Wildman–Crippen LogP) is 0.955. The number of thiophene rings is 1. The van der Waals surface area contributed by atoms with Gasteiger partial charge in [0.15, 0.2) is 0 Å². The predicted molar refractivity (Wildman–Crippen MR) is 50.8 cm³/mol. The second-order valence-corrected chi connectivity index (χ2v) is 4.45. The van der Waals surface area contributed by atoms with Crippen LogP contribution in [0.25, 0.3) is 0 Å². The third-order valence-electron chi connectivity index (χ3n) is 2.12. The van der Waals surface area contributed by atoms with Crippen molar-refractivity contribution in [2.45, 2.75) is 12.5 Å². The van der Waals surface area contributed by atoms with E-state index in [0.29, 0.717) is 13.1 Å². The summed E-state index contributed by atoms with van der Waals surface area (Å²) in [7, 11) is 0. The monoisotopic (exact) mass is 197 g/mol. The first kappa shape index (κ1) is 8.72. The van der Waals surface area contributed by atoms with Gasteiger partial charge in [-0.3, -0.25) is 4.79 Å². The van der Waals surface area contributed by atoms with Crippen molar-refractivity contribution in [1.29, 1.82) is 0 Å². The third kappa shape index (κ3) is 1.59. The van der Waals surface area contributed by atoms with Crippen LogP contribution in [0.15, 0.2) is 16.8 Å². The molecule has 1 fully saturated rings. The zero-order valence-electron chi connectivity index (χ0n) is 7.36. The number of carbonyl (C=O) groups is 1. The van der Waals surface area contributed by atoms with Crippen molar-refractivity contribution in [2.75, 3.05) is 13.1 Å². The maximum atomic E-state index is 11.6. The molecule has 3 nitrogen and oxygen atoms in total. The van der Waals surface area contributed by atoms with Crippen LogP contribution < -0.4 is 0 Å². The molecule has 1 aromatic rings. The smallest absolute Gasteiger partial charge is 0.254 e. The van der Waals surface area contributed by atoms with Gasteiger partial charge in [-0.15, -0.1) is 0 Å². The van der Waals surface area contributed by atoms with Gasteiger partial charge in [0.1, 0.15) is 0 Å².